The van der Waals surface area contributed by atoms with Crippen LogP contribution >= 0.6 is 0 Å². The molecular weight excluding hydrogens is 447 g/mol. The number of nitrogens with one attached hydrogen (secondary N) is 2. The third-order valence-corrected chi connectivity index (χ3v) is 6.24. The van der Waals surface area contributed by atoms with Crippen LogP contribution in [0.15, 0.2) is 47.6 Å². The summed E-state index contributed by atoms with van der Waals surface area (Å²) in [7, 11) is -2.51. The number of hydrogen-bond donors (Lipinski definition) is 2. The van der Waals surface area contributed by atoms with E-state index in [1.807, 2.05) is 6.92 Å². The minimum atomic E-state index is -4.40. The monoisotopic (exact) mass is 467 g/mol. The van der Waals surface area contributed by atoms with Crippen LogP contribution in [0.2, 0.25) is 0 Å². The lowest BCUT2D eigenvalue weighted by atomic mass is 10.1. The molecule has 0 radical (unpaired) electrons. The molecule has 4 rings (SSSR count). The van der Waals surface area contributed by atoms with Crippen LogP contribution in [0.25, 0.3) is 11.4 Å². The highest BCUT2D eigenvalue weighted by atomic mass is 32.2. The summed E-state index contributed by atoms with van der Waals surface area (Å²) >= 11 is 0. The number of hydrogen-bond acceptors (Lipinski definition) is 6. The SMILES string of the molecule is CNS(=O)(=O)c1ccc(NCc2ccc(C(F)(F)F)cc2)c(-c2cn3c(n2)OC(C)C3)n1. The van der Waals surface area contributed by atoms with Gasteiger partial charge >= 0.3 is 6.18 Å². The molecule has 0 saturated carbocycles. The molecule has 1 aliphatic rings. The van der Waals surface area contributed by atoms with Crippen molar-refractivity contribution in [3.05, 3.63) is 53.7 Å². The lowest BCUT2D eigenvalue weighted by molar-refractivity contribution is -0.137. The summed E-state index contributed by atoms with van der Waals surface area (Å²) in [6, 6.07) is 8.07. The van der Waals surface area contributed by atoms with E-state index in [-0.39, 0.29) is 23.4 Å². The molecule has 0 bridgehead atoms. The number of ether oxygens (including phenoxy) is 1. The molecule has 3 heterocycles. The van der Waals surface area contributed by atoms with Crippen LogP contribution in [0, 0.1) is 0 Å². The largest absolute Gasteiger partial charge is 0.460 e. The van der Waals surface area contributed by atoms with Crippen LogP contribution in [-0.2, 0) is 29.3 Å². The van der Waals surface area contributed by atoms with Gasteiger partial charge in [0, 0.05) is 12.7 Å². The van der Waals surface area contributed by atoms with E-state index in [2.05, 4.69) is 20.0 Å². The van der Waals surface area contributed by atoms with Crippen LogP contribution < -0.4 is 14.8 Å². The van der Waals surface area contributed by atoms with E-state index in [0.717, 1.165) is 12.1 Å². The fourth-order valence-electron chi connectivity index (χ4n) is 3.27. The van der Waals surface area contributed by atoms with E-state index in [1.54, 1.807) is 16.8 Å². The number of imidazole rings is 1. The maximum atomic E-state index is 12.8. The maximum absolute atomic E-state index is 12.8. The molecule has 1 unspecified atom stereocenters. The second kappa shape index (κ2) is 8.10. The number of aromatic nitrogens is 3. The molecule has 0 spiro atoms. The van der Waals surface area contributed by atoms with E-state index in [0.29, 0.717) is 29.5 Å². The van der Waals surface area contributed by atoms with Crippen molar-refractivity contribution in [1.29, 1.82) is 0 Å². The predicted molar refractivity (Wildman–Crippen MR) is 111 cm³/mol. The number of pyridine rings is 1. The van der Waals surface area contributed by atoms with E-state index >= 15 is 0 Å². The first kappa shape index (κ1) is 22.1. The summed E-state index contributed by atoms with van der Waals surface area (Å²) < 4.78 is 72.4. The molecule has 0 aliphatic carbocycles. The molecule has 0 saturated heterocycles. The first-order chi connectivity index (χ1) is 15.1. The molecule has 3 aromatic rings. The molecular formula is C20H20F3N5O3S. The Kier molecular flexibility index (Phi) is 5.59. The smallest absolute Gasteiger partial charge is 0.416 e. The summed E-state index contributed by atoms with van der Waals surface area (Å²) in [5, 5.41) is 2.92. The van der Waals surface area contributed by atoms with Gasteiger partial charge in [-0.05, 0) is 43.8 Å². The van der Waals surface area contributed by atoms with E-state index in [9.17, 15) is 21.6 Å². The first-order valence-electron chi connectivity index (χ1n) is 9.65. The molecule has 1 atom stereocenters. The molecule has 8 nitrogen and oxygen atoms in total. The third-order valence-electron chi connectivity index (χ3n) is 4.92. The average molecular weight is 467 g/mol. The molecule has 1 aromatic carbocycles. The van der Waals surface area contributed by atoms with Crippen LogP contribution in [0.5, 0.6) is 6.01 Å². The Morgan fingerprint density at radius 3 is 2.50 bits per heavy atom. The molecule has 2 aromatic heterocycles. The highest BCUT2D eigenvalue weighted by Crippen LogP contribution is 2.32. The minimum Gasteiger partial charge on any atom is -0.460 e. The average Bonchev–Trinajstić information content (AvgIpc) is 3.29. The van der Waals surface area contributed by atoms with E-state index < -0.39 is 21.8 Å². The van der Waals surface area contributed by atoms with Crippen LogP contribution in [0.4, 0.5) is 18.9 Å². The maximum Gasteiger partial charge on any atom is 0.416 e. The number of benzene rings is 1. The molecule has 2 N–H and O–H groups in total. The second-order valence-electron chi connectivity index (χ2n) is 7.29. The van der Waals surface area contributed by atoms with Gasteiger partial charge in [-0.3, -0.25) is 4.57 Å². The Labute approximate surface area is 182 Å². The van der Waals surface area contributed by atoms with Gasteiger partial charge in [-0.2, -0.15) is 18.2 Å². The fourth-order valence-corrected chi connectivity index (χ4v) is 3.94. The molecule has 32 heavy (non-hydrogen) atoms. The number of nitrogens with zero attached hydrogens (tertiary/aromatic N) is 3. The Balaban J connectivity index is 1.65. The molecule has 12 heteroatoms. The van der Waals surface area contributed by atoms with Gasteiger partial charge in [-0.1, -0.05) is 12.1 Å². The van der Waals surface area contributed by atoms with Crippen molar-refractivity contribution in [3.8, 4) is 17.4 Å². The van der Waals surface area contributed by atoms with Crippen molar-refractivity contribution in [2.45, 2.75) is 37.3 Å². The van der Waals surface area contributed by atoms with Crippen molar-refractivity contribution in [2.24, 2.45) is 0 Å². The standard InChI is InChI=1S/C20H20F3N5O3S/c1-12-10-28-11-16(26-19(28)31-12)18-15(7-8-17(27-18)32(29,30)24-2)25-9-13-3-5-14(6-4-13)20(21,22)23/h3-8,11-12,24-25H,9-10H2,1-2H3. The van der Waals surface area contributed by atoms with Gasteiger partial charge in [0.1, 0.15) is 17.5 Å². The van der Waals surface area contributed by atoms with Crippen molar-refractivity contribution in [3.63, 3.8) is 0 Å². The van der Waals surface area contributed by atoms with Gasteiger partial charge in [-0.15, -0.1) is 0 Å². The summed E-state index contributed by atoms with van der Waals surface area (Å²) in [4.78, 5) is 8.70. The minimum absolute atomic E-state index is 0.0206. The van der Waals surface area contributed by atoms with Crippen LogP contribution in [0.1, 0.15) is 18.1 Å². The Morgan fingerprint density at radius 2 is 1.88 bits per heavy atom. The quantitative estimate of drug-likeness (QED) is 0.578. The second-order valence-corrected chi connectivity index (χ2v) is 9.12. The van der Waals surface area contributed by atoms with E-state index in [4.69, 9.17) is 4.74 Å². The molecule has 0 amide bonds. The Bertz CT molecular complexity index is 1220. The van der Waals surface area contributed by atoms with Gasteiger partial charge in [-0.25, -0.2) is 18.1 Å². The normalized spacial score (nSPS) is 16.0. The topological polar surface area (TPSA) is 98.1 Å². The van der Waals surface area contributed by atoms with Crippen molar-refractivity contribution in [2.75, 3.05) is 12.4 Å². The molecule has 170 valence electrons. The summed E-state index contributed by atoms with van der Waals surface area (Å²) in [5.41, 5.74) is 1.05. The first-order valence-corrected chi connectivity index (χ1v) is 11.1. The third kappa shape index (κ3) is 4.41. The van der Waals surface area contributed by atoms with Crippen LogP contribution in [-0.4, -0.2) is 36.1 Å². The Hall–Kier alpha value is -3.12. The highest BCUT2D eigenvalue weighted by molar-refractivity contribution is 7.89. The van der Waals surface area contributed by atoms with Gasteiger partial charge in [0.05, 0.1) is 17.8 Å². The number of fused-ring (bicyclic) bond motifs is 1. The van der Waals surface area contributed by atoms with Crippen molar-refractivity contribution >= 4 is 15.7 Å². The fraction of sp³-hybridized carbons (Fsp3) is 0.300. The van der Waals surface area contributed by atoms with Gasteiger partial charge in [0.15, 0.2) is 5.03 Å². The lowest BCUT2D eigenvalue weighted by Crippen LogP contribution is -2.20. The number of sulfonamides is 1. The number of rotatable bonds is 6. The Morgan fingerprint density at radius 1 is 1.16 bits per heavy atom. The van der Waals surface area contributed by atoms with E-state index in [1.165, 1.54) is 25.2 Å². The highest BCUT2D eigenvalue weighted by Gasteiger charge is 2.30. The number of halogens is 3. The predicted octanol–water partition coefficient (Wildman–Crippen LogP) is 3.27. The number of anilines is 1. The molecule has 0 fully saturated rings. The van der Waals surface area contributed by atoms with Gasteiger partial charge < -0.3 is 10.1 Å². The van der Waals surface area contributed by atoms with Crippen molar-refractivity contribution in [1.82, 2.24) is 19.3 Å². The van der Waals surface area contributed by atoms with Crippen molar-refractivity contribution < 1.29 is 26.3 Å². The van der Waals surface area contributed by atoms with Crippen LogP contribution in [0.3, 0.4) is 0 Å². The summed E-state index contributed by atoms with van der Waals surface area (Å²) in [6.45, 7) is 2.71. The zero-order valence-electron chi connectivity index (χ0n) is 17.1. The lowest BCUT2D eigenvalue weighted by Gasteiger charge is -2.13. The zero-order valence-corrected chi connectivity index (χ0v) is 18.0. The number of alkyl halides is 3. The van der Waals surface area contributed by atoms with Gasteiger partial charge in [0.2, 0.25) is 0 Å². The zero-order chi connectivity index (χ0) is 23.1. The van der Waals surface area contributed by atoms with Gasteiger partial charge in [0.25, 0.3) is 16.0 Å². The molecule has 1 aliphatic heterocycles. The summed E-state index contributed by atoms with van der Waals surface area (Å²) in [5.74, 6) is 0. The summed E-state index contributed by atoms with van der Waals surface area (Å²) in [6.07, 6.45) is -2.70.